The van der Waals surface area contributed by atoms with Gasteiger partial charge >= 0.3 is 6.18 Å². The van der Waals surface area contributed by atoms with Crippen molar-refractivity contribution < 1.29 is 22.4 Å². The van der Waals surface area contributed by atoms with Gasteiger partial charge in [0, 0.05) is 36.0 Å². The highest BCUT2D eigenvalue weighted by Crippen LogP contribution is 2.36. The van der Waals surface area contributed by atoms with E-state index in [4.69, 9.17) is 5.73 Å². The van der Waals surface area contributed by atoms with Crippen molar-refractivity contribution in [2.24, 2.45) is 0 Å². The van der Waals surface area contributed by atoms with Crippen LogP contribution in [0.2, 0.25) is 0 Å². The first-order valence-corrected chi connectivity index (χ1v) is 9.02. The molecule has 0 atom stereocenters. The number of nitrogens with zero attached hydrogens (tertiary/aromatic N) is 3. The van der Waals surface area contributed by atoms with Crippen LogP contribution in [0.1, 0.15) is 12.5 Å². The summed E-state index contributed by atoms with van der Waals surface area (Å²) >= 11 is 0. The van der Waals surface area contributed by atoms with Crippen LogP contribution in [0.25, 0.3) is 28.0 Å². The third kappa shape index (κ3) is 3.91. The SMILES string of the molecule is CC(=O)Nc1nc2ccc(-c3cnc(N)c(C(F)(F)F)c3)cn2c1-c1cccc(F)c1. The largest absolute Gasteiger partial charge is 0.419 e. The summed E-state index contributed by atoms with van der Waals surface area (Å²) in [4.78, 5) is 19.7. The van der Waals surface area contributed by atoms with E-state index in [9.17, 15) is 22.4 Å². The molecule has 31 heavy (non-hydrogen) atoms. The number of nitrogens with one attached hydrogen (secondary N) is 1. The number of nitrogens with two attached hydrogens (primary N) is 1. The lowest BCUT2D eigenvalue weighted by atomic mass is 10.1. The molecule has 0 spiro atoms. The number of amides is 1. The first-order valence-electron chi connectivity index (χ1n) is 9.02. The number of benzene rings is 1. The fraction of sp³-hybridized carbons (Fsp3) is 0.0952. The van der Waals surface area contributed by atoms with E-state index in [1.165, 1.54) is 31.3 Å². The van der Waals surface area contributed by atoms with Gasteiger partial charge in [0.1, 0.15) is 17.3 Å². The van der Waals surface area contributed by atoms with Crippen LogP contribution in [-0.4, -0.2) is 20.3 Å². The second kappa shape index (κ2) is 7.38. The molecule has 0 radical (unpaired) electrons. The van der Waals surface area contributed by atoms with Crippen molar-refractivity contribution >= 4 is 23.2 Å². The smallest absolute Gasteiger partial charge is 0.383 e. The topological polar surface area (TPSA) is 85.3 Å². The first kappa shape index (κ1) is 20.3. The number of fused-ring (bicyclic) bond motifs is 1. The molecule has 3 N–H and O–H groups in total. The minimum atomic E-state index is -4.66. The first-order chi connectivity index (χ1) is 14.6. The van der Waals surface area contributed by atoms with Gasteiger partial charge in [0.25, 0.3) is 0 Å². The van der Waals surface area contributed by atoms with E-state index in [0.717, 1.165) is 6.07 Å². The van der Waals surface area contributed by atoms with E-state index in [2.05, 4.69) is 15.3 Å². The average Bonchev–Trinajstić information content (AvgIpc) is 3.03. The summed E-state index contributed by atoms with van der Waals surface area (Å²) in [5, 5.41) is 2.61. The summed E-state index contributed by atoms with van der Waals surface area (Å²) < 4.78 is 55.1. The Kier molecular flexibility index (Phi) is 4.84. The fourth-order valence-electron chi connectivity index (χ4n) is 3.24. The molecule has 0 aliphatic rings. The van der Waals surface area contributed by atoms with Gasteiger partial charge in [0.15, 0.2) is 5.82 Å². The van der Waals surface area contributed by atoms with Crippen molar-refractivity contribution in [3.63, 3.8) is 0 Å². The molecule has 4 aromatic rings. The van der Waals surface area contributed by atoms with Crippen molar-refractivity contribution in [3.8, 4) is 22.4 Å². The predicted molar refractivity (Wildman–Crippen MR) is 108 cm³/mol. The van der Waals surface area contributed by atoms with Crippen LogP contribution < -0.4 is 11.1 Å². The number of imidazole rings is 1. The van der Waals surface area contributed by atoms with Crippen molar-refractivity contribution in [3.05, 3.63) is 66.2 Å². The molecule has 1 aromatic carbocycles. The van der Waals surface area contributed by atoms with Crippen LogP contribution >= 0.6 is 0 Å². The average molecular weight is 429 g/mol. The number of nitrogen functional groups attached to an aromatic ring is 1. The third-order valence-corrected chi connectivity index (χ3v) is 4.57. The molecule has 0 saturated carbocycles. The van der Waals surface area contributed by atoms with Gasteiger partial charge in [-0.05, 0) is 30.3 Å². The lowest BCUT2D eigenvalue weighted by Crippen LogP contribution is -2.10. The molecule has 0 saturated heterocycles. The van der Waals surface area contributed by atoms with Crippen molar-refractivity contribution in [1.82, 2.24) is 14.4 Å². The van der Waals surface area contributed by atoms with Gasteiger partial charge in [0.05, 0.1) is 11.3 Å². The van der Waals surface area contributed by atoms with Gasteiger partial charge in [-0.25, -0.2) is 14.4 Å². The summed E-state index contributed by atoms with van der Waals surface area (Å²) in [6, 6.07) is 9.75. The maximum Gasteiger partial charge on any atom is 0.419 e. The van der Waals surface area contributed by atoms with Crippen LogP contribution in [0, 0.1) is 5.82 Å². The molecule has 0 fully saturated rings. The van der Waals surface area contributed by atoms with Crippen LogP contribution in [0.15, 0.2) is 54.9 Å². The molecule has 4 rings (SSSR count). The summed E-state index contributed by atoms with van der Waals surface area (Å²) in [5.74, 6) is -1.29. The molecule has 0 aliphatic heterocycles. The molecular formula is C21H15F4N5O. The Morgan fingerprint density at radius 3 is 2.55 bits per heavy atom. The molecule has 1 amide bonds. The van der Waals surface area contributed by atoms with Gasteiger partial charge in [-0.1, -0.05) is 12.1 Å². The van der Waals surface area contributed by atoms with Gasteiger partial charge in [-0.3, -0.25) is 9.20 Å². The Balaban J connectivity index is 1.93. The maximum absolute atomic E-state index is 13.8. The van der Waals surface area contributed by atoms with Crippen molar-refractivity contribution in [2.75, 3.05) is 11.1 Å². The molecule has 0 unspecified atom stereocenters. The summed E-state index contributed by atoms with van der Waals surface area (Å²) in [6.07, 6.45) is -1.88. The van der Waals surface area contributed by atoms with Crippen molar-refractivity contribution in [1.29, 1.82) is 0 Å². The number of alkyl halides is 3. The van der Waals surface area contributed by atoms with Crippen molar-refractivity contribution in [2.45, 2.75) is 13.1 Å². The number of hydrogen-bond acceptors (Lipinski definition) is 4. The van der Waals surface area contributed by atoms with E-state index in [0.29, 0.717) is 22.5 Å². The maximum atomic E-state index is 13.8. The summed E-state index contributed by atoms with van der Waals surface area (Å²) in [7, 11) is 0. The number of carbonyl (C=O) groups is 1. The van der Waals surface area contributed by atoms with Crippen LogP contribution in [-0.2, 0) is 11.0 Å². The summed E-state index contributed by atoms with van der Waals surface area (Å²) in [6.45, 7) is 1.31. The lowest BCUT2D eigenvalue weighted by Gasteiger charge is -2.12. The number of anilines is 2. The standard InChI is InChI=1S/C21H15F4N5O/c1-11(31)28-20-18(12-3-2-4-15(22)7-12)30-10-13(5-6-17(30)29-20)14-8-16(21(23,24)25)19(26)27-9-14/h2-10H,1H3,(H2,26,27)(H,28,31). The van der Waals surface area contributed by atoms with E-state index < -0.39 is 23.4 Å². The fourth-order valence-corrected chi connectivity index (χ4v) is 3.24. The van der Waals surface area contributed by atoms with Crippen LogP contribution in [0.5, 0.6) is 0 Å². The second-order valence-electron chi connectivity index (χ2n) is 6.80. The highest BCUT2D eigenvalue weighted by atomic mass is 19.4. The van der Waals surface area contributed by atoms with E-state index in [-0.39, 0.29) is 17.3 Å². The highest BCUT2D eigenvalue weighted by molar-refractivity contribution is 5.93. The quantitative estimate of drug-likeness (QED) is 0.460. The normalized spacial score (nSPS) is 11.6. The van der Waals surface area contributed by atoms with Crippen LogP contribution in [0.4, 0.5) is 29.2 Å². The Hall–Kier alpha value is -3.95. The Bertz CT molecular complexity index is 1310. The van der Waals surface area contributed by atoms with Gasteiger partial charge in [-0.15, -0.1) is 0 Å². The summed E-state index contributed by atoms with van der Waals surface area (Å²) in [5.41, 5.74) is 6.15. The molecule has 3 heterocycles. The number of carbonyl (C=O) groups excluding carboxylic acids is 1. The monoisotopic (exact) mass is 429 g/mol. The Labute approximate surface area is 173 Å². The number of pyridine rings is 2. The zero-order valence-electron chi connectivity index (χ0n) is 16.0. The molecule has 0 bridgehead atoms. The molecule has 158 valence electrons. The van der Waals surface area contributed by atoms with Gasteiger partial charge in [0.2, 0.25) is 5.91 Å². The predicted octanol–water partition coefficient (Wildman–Crippen LogP) is 4.76. The van der Waals surface area contributed by atoms with Gasteiger partial charge < -0.3 is 11.1 Å². The van der Waals surface area contributed by atoms with Crippen LogP contribution in [0.3, 0.4) is 0 Å². The minimum Gasteiger partial charge on any atom is -0.383 e. The Morgan fingerprint density at radius 2 is 1.87 bits per heavy atom. The molecule has 0 aliphatic carbocycles. The number of aromatic nitrogens is 3. The molecule has 6 nitrogen and oxygen atoms in total. The molecular weight excluding hydrogens is 414 g/mol. The van der Waals surface area contributed by atoms with E-state index in [1.807, 2.05) is 0 Å². The molecule has 3 aromatic heterocycles. The highest BCUT2D eigenvalue weighted by Gasteiger charge is 2.34. The second-order valence-corrected chi connectivity index (χ2v) is 6.80. The van der Waals surface area contributed by atoms with E-state index in [1.54, 1.807) is 28.8 Å². The van der Waals surface area contributed by atoms with E-state index >= 15 is 0 Å². The Morgan fingerprint density at radius 1 is 1.10 bits per heavy atom. The number of halogens is 4. The molecule has 10 heteroatoms. The zero-order valence-corrected chi connectivity index (χ0v) is 16.0. The third-order valence-electron chi connectivity index (χ3n) is 4.57. The zero-order chi connectivity index (χ0) is 22.3. The minimum absolute atomic E-state index is 0.184. The van der Waals surface area contributed by atoms with Gasteiger partial charge in [-0.2, -0.15) is 13.2 Å². The number of hydrogen-bond donors (Lipinski definition) is 2. The number of rotatable bonds is 3. The lowest BCUT2D eigenvalue weighted by molar-refractivity contribution is -0.137.